The summed E-state index contributed by atoms with van der Waals surface area (Å²) >= 11 is 0. The van der Waals surface area contributed by atoms with Crippen LogP contribution in [0.3, 0.4) is 0 Å². The van der Waals surface area contributed by atoms with Crippen LogP contribution in [-0.2, 0) is 9.59 Å². The molecule has 4 bridgehead atoms. The predicted octanol–water partition coefficient (Wildman–Crippen LogP) is 2.36. The van der Waals surface area contributed by atoms with Gasteiger partial charge in [-0.05, 0) is 38.0 Å². The van der Waals surface area contributed by atoms with Gasteiger partial charge in [0.15, 0.2) is 5.78 Å². The van der Waals surface area contributed by atoms with E-state index in [1.807, 2.05) is 6.92 Å². The van der Waals surface area contributed by atoms with Crippen molar-refractivity contribution in [3.05, 3.63) is 0 Å². The van der Waals surface area contributed by atoms with Crippen LogP contribution in [0.1, 0.15) is 46.5 Å². The van der Waals surface area contributed by atoms with Gasteiger partial charge in [0, 0.05) is 11.3 Å². The third-order valence-electron chi connectivity index (χ3n) is 5.00. The summed E-state index contributed by atoms with van der Waals surface area (Å²) in [5, 5.41) is 0. The van der Waals surface area contributed by atoms with Crippen molar-refractivity contribution in [3.63, 3.8) is 0 Å². The molecule has 0 radical (unpaired) electrons. The Morgan fingerprint density at radius 1 is 1.07 bits per heavy atom. The van der Waals surface area contributed by atoms with E-state index >= 15 is 0 Å². The Labute approximate surface area is 90.4 Å². The first-order valence-corrected chi connectivity index (χ1v) is 5.88. The van der Waals surface area contributed by atoms with E-state index in [-0.39, 0.29) is 28.3 Å². The Hall–Kier alpha value is -0.660. The van der Waals surface area contributed by atoms with Crippen LogP contribution in [0.4, 0.5) is 0 Å². The lowest BCUT2D eigenvalue weighted by Crippen LogP contribution is -2.65. The molecule has 4 atom stereocenters. The Kier molecular flexibility index (Phi) is 1.41. The highest BCUT2D eigenvalue weighted by Crippen LogP contribution is 2.65. The van der Waals surface area contributed by atoms with Gasteiger partial charge in [-0.2, -0.15) is 0 Å². The molecular weight excluding hydrogens is 188 g/mol. The molecule has 0 saturated heterocycles. The highest BCUT2D eigenvalue weighted by atomic mass is 16.2. The summed E-state index contributed by atoms with van der Waals surface area (Å²) in [5.74, 6) is 0.640. The number of ketones is 2. The van der Waals surface area contributed by atoms with Crippen LogP contribution in [0, 0.1) is 22.2 Å². The molecule has 82 valence electrons. The molecule has 4 fully saturated rings. The summed E-state index contributed by atoms with van der Waals surface area (Å²) in [6.45, 7) is 6.22. The van der Waals surface area contributed by atoms with E-state index < -0.39 is 5.41 Å². The summed E-state index contributed by atoms with van der Waals surface area (Å²) in [7, 11) is 0. The van der Waals surface area contributed by atoms with E-state index in [0.717, 1.165) is 25.7 Å². The third kappa shape index (κ3) is 0.913. The highest BCUT2D eigenvalue weighted by molar-refractivity contribution is 6.13. The molecule has 0 aliphatic heterocycles. The molecule has 0 aromatic rings. The zero-order valence-electron chi connectivity index (χ0n) is 9.72. The lowest BCUT2D eigenvalue weighted by atomic mass is 9.40. The van der Waals surface area contributed by atoms with Gasteiger partial charge < -0.3 is 0 Å². The van der Waals surface area contributed by atoms with Gasteiger partial charge in [-0.15, -0.1) is 0 Å². The second-order valence-corrected chi connectivity index (χ2v) is 6.86. The van der Waals surface area contributed by atoms with Gasteiger partial charge in [-0.1, -0.05) is 13.8 Å². The number of Topliss-reactive ketones (excluding diaryl/α,β-unsaturated/α-hetero) is 2. The molecule has 2 nitrogen and oxygen atoms in total. The summed E-state index contributed by atoms with van der Waals surface area (Å²) in [4.78, 5) is 24.5. The van der Waals surface area contributed by atoms with Crippen LogP contribution in [0.25, 0.3) is 0 Å². The van der Waals surface area contributed by atoms with E-state index in [0.29, 0.717) is 0 Å². The molecule has 2 heteroatoms. The first-order valence-electron chi connectivity index (χ1n) is 5.88. The summed E-state index contributed by atoms with van der Waals surface area (Å²) < 4.78 is 0. The molecular formula is C13H18O2. The number of carbonyl (C=O) groups is 2. The van der Waals surface area contributed by atoms with Crippen LogP contribution >= 0.6 is 0 Å². The average molecular weight is 206 g/mol. The third-order valence-corrected chi connectivity index (χ3v) is 5.00. The molecule has 4 aliphatic rings. The Morgan fingerprint density at radius 2 is 1.73 bits per heavy atom. The first-order chi connectivity index (χ1) is 6.79. The molecule has 0 heterocycles. The van der Waals surface area contributed by atoms with Gasteiger partial charge in [0.2, 0.25) is 0 Å². The average Bonchev–Trinajstić information content (AvgIpc) is 2.09. The number of rotatable bonds is 0. The van der Waals surface area contributed by atoms with Crippen LogP contribution in [0.5, 0.6) is 0 Å². The molecule has 0 spiro atoms. The minimum absolute atomic E-state index is 0.171. The number of carbonyl (C=O) groups excluding carboxylic acids is 2. The lowest BCUT2D eigenvalue weighted by Gasteiger charge is -2.61. The summed E-state index contributed by atoms with van der Waals surface area (Å²) in [5.41, 5.74) is -0.588. The van der Waals surface area contributed by atoms with E-state index in [9.17, 15) is 9.59 Å². The fourth-order valence-corrected chi connectivity index (χ4v) is 5.04. The maximum atomic E-state index is 12.3. The van der Waals surface area contributed by atoms with Gasteiger partial charge >= 0.3 is 0 Å². The molecule has 4 unspecified atom stereocenters. The number of hydrogen-bond acceptors (Lipinski definition) is 2. The van der Waals surface area contributed by atoms with Crippen molar-refractivity contribution in [2.24, 2.45) is 22.2 Å². The quantitative estimate of drug-likeness (QED) is 0.570. The Morgan fingerprint density at radius 3 is 2.40 bits per heavy atom. The van der Waals surface area contributed by atoms with Crippen molar-refractivity contribution < 1.29 is 9.59 Å². The zero-order chi connectivity index (χ0) is 11.1. The standard InChI is InChI=1S/C13H18O2/c1-11-4-8-5-12(2,6-11)10(15)13(3,7-11)9(8)14/h8H,4-7H2,1-3H3. The Balaban J connectivity index is 2.19. The second-order valence-electron chi connectivity index (χ2n) is 6.86. The predicted molar refractivity (Wildman–Crippen MR) is 56.3 cm³/mol. The normalized spacial score (nSPS) is 57.7. The van der Waals surface area contributed by atoms with Crippen molar-refractivity contribution in [1.29, 1.82) is 0 Å². The van der Waals surface area contributed by atoms with Crippen LogP contribution in [-0.4, -0.2) is 11.6 Å². The zero-order valence-corrected chi connectivity index (χ0v) is 9.72. The van der Waals surface area contributed by atoms with Gasteiger partial charge in [0.05, 0.1) is 5.41 Å². The fourth-order valence-electron chi connectivity index (χ4n) is 5.04. The fraction of sp³-hybridized carbons (Fsp3) is 0.846. The van der Waals surface area contributed by atoms with E-state index in [1.165, 1.54) is 0 Å². The topological polar surface area (TPSA) is 34.1 Å². The highest BCUT2D eigenvalue weighted by Gasteiger charge is 2.67. The van der Waals surface area contributed by atoms with Gasteiger partial charge in [-0.25, -0.2) is 0 Å². The van der Waals surface area contributed by atoms with E-state index in [1.54, 1.807) is 0 Å². The SMILES string of the molecule is CC12CC3CC(C)(C1)C(=O)C(C)(C2)C3=O. The molecule has 4 rings (SSSR count). The Bertz CT molecular complexity index is 386. The van der Waals surface area contributed by atoms with E-state index in [4.69, 9.17) is 0 Å². The summed E-state index contributed by atoms with van der Waals surface area (Å²) in [6.07, 6.45) is 3.63. The molecule has 4 aliphatic carbocycles. The monoisotopic (exact) mass is 206 g/mol. The molecule has 0 N–H and O–H groups in total. The maximum Gasteiger partial charge on any atom is 0.152 e. The first kappa shape index (κ1) is 9.56. The largest absolute Gasteiger partial charge is 0.298 e. The minimum Gasteiger partial charge on any atom is -0.298 e. The second kappa shape index (κ2) is 2.21. The van der Waals surface area contributed by atoms with Crippen LogP contribution in [0.2, 0.25) is 0 Å². The van der Waals surface area contributed by atoms with Gasteiger partial charge in [0.25, 0.3) is 0 Å². The van der Waals surface area contributed by atoms with Crippen molar-refractivity contribution in [1.82, 2.24) is 0 Å². The lowest BCUT2D eigenvalue weighted by molar-refractivity contribution is -0.180. The summed E-state index contributed by atoms with van der Waals surface area (Å²) in [6, 6.07) is 0. The molecule has 15 heavy (non-hydrogen) atoms. The number of hydrogen-bond donors (Lipinski definition) is 0. The van der Waals surface area contributed by atoms with Crippen molar-refractivity contribution >= 4 is 11.6 Å². The van der Waals surface area contributed by atoms with Crippen molar-refractivity contribution in [3.8, 4) is 0 Å². The molecule has 0 aromatic carbocycles. The van der Waals surface area contributed by atoms with Crippen molar-refractivity contribution in [2.75, 3.05) is 0 Å². The van der Waals surface area contributed by atoms with Gasteiger partial charge in [-0.3, -0.25) is 9.59 Å². The molecule has 0 amide bonds. The minimum atomic E-state index is -0.636. The van der Waals surface area contributed by atoms with Crippen LogP contribution < -0.4 is 0 Å². The van der Waals surface area contributed by atoms with Crippen molar-refractivity contribution in [2.45, 2.75) is 46.5 Å². The molecule has 0 aromatic heterocycles. The van der Waals surface area contributed by atoms with Crippen LogP contribution in [0.15, 0.2) is 0 Å². The van der Waals surface area contributed by atoms with Gasteiger partial charge in [0.1, 0.15) is 5.78 Å². The maximum absolute atomic E-state index is 12.3. The van der Waals surface area contributed by atoms with E-state index in [2.05, 4.69) is 13.8 Å². The molecule has 4 saturated carbocycles. The smallest absolute Gasteiger partial charge is 0.152 e.